The van der Waals surface area contributed by atoms with Gasteiger partial charge in [0, 0.05) is 32.7 Å². The second-order valence-electron chi connectivity index (χ2n) is 6.89. The number of aromatic nitrogens is 1. The van der Waals surface area contributed by atoms with Crippen LogP contribution in [0.3, 0.4) is 0 Å². The summed E-state index contributed by atoms with van der Waals surface area (Å²) in [6, 6.07) is 14.6. The lowest BCUT2D eigenvalue weighted by Gasteiger charge is -2.24. The molecule has 1 N–H and O–H groups in total. The van der Waals surface area contributed by atoms with Crippen LogP contribution in [0.5, 0.6) is 11.5 Å². The van der Waals surface area contributed by atoms with Gasteiger partial charge in [-0.15, -0.1) is 0 Å². The number of hydrogen-bond acceptors (Lipinski definition) is 4. The fourth-order valence-electron chi connectivity index (χ4n) is 3.37. The van der Waals surface area contributed by atoms with Crippen LogP contribution >= 0.6 is 23.2 Å². The summed E-state index contributed by atoms with van der Waals surface area (Å²) in [6.45, 7) is 4.06. The summed E-state index contributed by atoms with van der Waals surface area (Å²) in [4.78, 5) is 12.4. The minimum Gasteiger partial charge on any atom is -0.485 e. The van der Waals surface area contributed by atoms with E-state index >= 15 is 0 Å². The minimum absolute atomic E-state index is 0.127. The number of carbonyl (C=O) groups excluding carboxylic acids is 1. The number of amides is 1. The van der Waals surface area contributed by atoms with Crippen LogP contribution in [-0.4, -0.2) is 29.4 Å². The Morgan fingerprint density at radius 3 is 2.57 bits per heavy atom. The molecule has 0 saturated heterocycles. The number of hydrazone groups is 1. The van der Waals surface area contributed by atoms with Gasteiger partial charge in [0.15, 0.2) is 11.5 Å². The van der Waals surface area contributed by atoms with Gasteiger partial charge >= 0.3 is 0 Å². The molecule has 8 heteroatoms. The van der Waals surface area contributed by atoms with Crippen molar-refractivity contribution in [2.75, 3.05) is 6.61 Å². The molecule has 2 aromatic carbocycles. The van der Waals surface area contributed by atoms with Gasteiger partial charge in [-0.1, -0.05) is 35.3 Å². The normalized spacial score (nSPS) is 15.4. The van der Waals surface area contributed by atoms with Gasteiger partial charge in [0.25, 0.3) is 5.91 Å². The lowest BCUT2D eigenvalue weighted by atomic mass is 10.2. The molecule has 6 nitrogen and oxygen atoms in total. The van der Waals surface area contributed by atoms with Crippen molar-refractivity contribution in [1.82, 2.24) is 9.99 Å². The largest absolute Gasteiger partial charge is 0.485 e. The number of para-hydroxylation sites is 2. The number of aryl methyl sites for hydroxylation is 1. The molecule has 0 saturated carbocycles. The number of benzene rings is 2. The molecule has 2 heterocycles. The van der Waals surface area contributed by atoms with Gasteiger partial charge in [-0.25, -0.2) is 5.43 Å². The van der Waals surface area contributed by atoms with Gasteiger partial charge in [-0.05, 0) is 50.2 Å². The summed E-state index contributed by atoms with van der Waals surface area (Å²) < 4.78 is 13.3. The first-order valence-electron chi connectivity index (χ1n) is 9.29. The highest BCUT2D eigenvalue weighted by Crippen LogP contribution is 2.31. The molecule has 1 aliphatic heterocycles. The molecule has 1 aliphatic rings. The minimum atomic E-state index is -0.766. The van der Waals surface area contributed by atoms with E-state index in [0.717, 1.165) is 22.6 Å². The van der Waals surface area contributed by atoms with Crippen LogP contribution in [0.1, 0.15) is 17.0 Å². The summed E-state index contributed by atoms with van der Waals surface area (Å²) >= 11 is 12.3. The topological polar surface area (TPSA) is 64.8 Å². The summed E-state index contributed by atoms with van der Waals surface area (Å²) in [6.07, 6.45) is 0.832. The molecule has 0 fully saturated rings. The third-order valence-electron chi connectivity index (χ3n) is 4.76. The van der Waals surface area contributed by atoms with Gasteiger partial charge in [0.1, 0.15) is 6.61 Å². The Labute approximate surface area is 184 Å². The number of ether oxygens (including phenoxy) is 2. The van der Waals surface area contributed by atoms with Crippen molar-refractivity contribution in [3.8, 4) is 17.2 Å². The molecule has 0 spiro atoms. The highest BCUT2D eigenvalue weighted by Gasteiger charge is 2.27. The Kier molecular flexibility index (Phi) is 5.70. The SMILES string of the molecule is Cc1cc(/C=N\NC(=O)[C@H]2COc3ccccc3O2)c(C)n1-c1cc(Cl)cc(Cl)c1. The standard InChI is InChI=1S/C22H19Cl2N3O3/c1-13-7-15(14(2)27(13)18-9-16(23)8-17(24)10-18)11-25-26-22(28)21-12-29-19-5-3-4-6-20(19)30-21/h3-11,21H,12H2,1-2H3,(H,26,28)/b25-11-/t21-/m1/s1. The highest BCUT2D eigenvalue weighted by molar-refractivity contribution is 6.34. The number of carbonyl (C=O) groups is 1. The van der Waals surface area contributed by atoms with Crippen LogP contribution < -0.4 is 14.9 Å². The first kappa shape index (κ1) is 20.3. The van der Waals surface area contributed by atoms with Crippen LogP contribution in [0.2, 0.25) is 10.0 Å². The van der Waals surface area contributed by atoms with Crippen LogP contribution in [-0.2, 0) is 4.79 Å². The third kappa shape index (κ3) is 4.15. The maximum Gasteiger partial charge on any atom is 0.284 e. The van der Waals surface area contributed by atoms with Crippen LogP contribution in [0.4, 0.5) is 0 Å². The van der Waals surface area contributed by atoms with E-state index in [9.17, 15) is 4.79 Å². The van der Waals surface area contributed by atoms with Gasteiger partial charge < -0.3 is 14.0 Å². The van der Waals surface area contributed by atoms with E-state index in [0.29, 0.717) is 21.5 Å². The first-order valence-corrected chi connectivity index (χ1v) is 10.0. The molecule has 1 atom stereocenters. The zero-order valence-electron chi connectivity index (χ0n) is 16.4. The van der Waals surface area contributed by atoms with E-state index in [1.165, 1.54) is 0 Å². The Morgan fingerprint density at radius 1 is 1.13 bits per heavy atom. The van der Waals surface area contributed by atoms with E-state index in [1.54, 1.807) is 24.4 Å². The molecular weight excluding hydrogens is 425 g/mol. The number of nitrogens with one attached hydrogen (secondary N) is 1. The second kappa shape index (κ2) is 8.42. The lowest BCUT2D eigenvalue weighted by molar-refractivity contribution is -0.130. The van der Waals surface area contributed by atoms with Crippen molar-refractivity contribution in [1.29, 1.82) is 0 Å². The van der Waals surface area contributed by atoms with Crippen molar-refractivity contribution < 1.29 is 14.3 Å². The maximum atomic E-state index is 12.4. The number of nitrogens with zero attached hydrogens (tertiary/aromatic N) is 2. The molecule has 0 aliphatic carbocycles. The van der Waals surface area contributed by atoms with Crippen molar-refractivity contribution in [3.63, 3.8) is 0 Å². The van der Waals surface area contributed by atoms with Crippen LogP contribution in [0, 0.1) is 13.8 Å². The molecule has 3 aromatic rings. The molecule has 0 bridgehead atoms. The molecule has 1 aromatic heterocycles. The van der Waals surface area contributed by atoms with E-state index in [4.69, 9.17) is 32.7 Å². The van der Waals surface area contributed by atoms with E-state index in [-0.39, 0.29) is 12.5 Å². The van der Waals surface area contributed by atoms with Gasteiger partial charge in [-0.3, -0.25) is 4.79 Å². The molecule has 30 heavy (non-hydrogen) atoms. The Bertz CT molecular complexity index is 1120. The summed E-state index contributed by atoms with van der Waals surface area (Å²) in [5, 5.41) is 5.21. The van der Waals surface area contributed by atoms with Crippen molar-refractivity contribution in [2.24, 2.45) is 5.10 Å². The molecule has 4 rings (SSSR count). The molecule has 0 unspecified atom stereocenters. The molecule has 154 valence electrons. The lowest BCUT2D eigenvalue weighted by Crippen LogP contribution is -2.42. The Hall–Kier alpha value is -2.96. The predicted octanol–water partition coefficient (Wildman–Crippen LogP) is 4.69. The monoisotopic (exact) mass is 443 g/mol. The molecule has 1 amide bonds. The fourth-order valence-corrected chi connectivity index (χ4v) is 3.88. The zero-order valence-corrected chi connectivity index (χ0v) is 17.9. The number of hydrogen-bond donors (Lipinski definition) is 1. The van der Waals surface area contributed by atoms with Gasteiger partial charge in [0.05, 0.1) is 6.21 Å². The van der Waals surface area contributed by atoms with Crippen LogP contribution in [0.15, 0.2) is 53.6 Å². The van der Waals surface area contributed by atoms with E-state index in [1.807, 2.05) is 48.7 Å². The number of halogens is 2. The van der Waals surface area contributed by atoms with Crippen LogP contribution in [0.25, 0.3) is 5.69 Å². The van der Waals surface area contributed by atoms with E-state index in [2.05, 4.69) is 10.5 Å². The average molecular weight is 444 g/mol. The van der Waals surface area contributed by atoms with Crippen molar-refractivity contribution >= 4 is 35.3 Å². The second-order valence-corrected chi connectivity index (χ2v) is 7.76. The summed E-state index contributed by atoms with van der Waals surface area (Å²) in [7, 11) is 0. The first-order chi connectivity index (χ1) is 14.4. The van der Waals surface area contributed by atoms with E-state index < -0.39 is 6.10 Å². The van der Waals surface area contributed by atoms with Gasteiger partial charge in [0.2, 0.25) is 6.10 Å². The Balaban J connectivity index is 1.47. The smallest absolute Gasteiger partial charge is 0.284 e. The summed E-state index contributed by atoms with van der Waals surface area (Å²) in [5.74, 6) is 0.784. The Morgan fingerprint density at radius 2 is 1.83 bits per heavy atom. The number of rotatable bonds is 4. The van der Waals surface area contributed by atoms with Crippen molar-refractivity contribution in [3.05, 3.63) is 75.5 Å². The third-order valence-corrected chi connectivity index (χ3v) is 5.19. The summed E-state index contributed by atoms with van der Waals surface area (Å²) in [5.41, 5.74) is 6.16. The highest BCUT2D eigenvalue weighted by atomic mass is 35.5. The zero-order chi connectivity index (χ0) is 21.3. The molecular formula is C22H19Cl2N3O3. The molecule has 0 radical (unpaired) electrons. The maximum absolute atomic E-state index is 12.4. The van der Waals surface area contributed by atoms with Gasteiger partial charge in [-0.2, -0.15) is 5.10 Å². The predicted molar refractivity (Wildman–Crippen MR) is 117 cm³/mol. The number of fused-ring (bicyclic) bond motifs is 1. The quantitative estimate of drug-likeness (QED) is 0.469. The average Bonchev–Trinajstić information content (AvgIpc) is 3.00. The van der Waals surface area contributed by atoms with Crippen molar-refractivity contribution in [2.45, 2.75) is 20.0 Å². The fraction of sp³-hybridized carbons (Fsp3) is 0.182.